The molecule has 1 aromatic carbocycles. The van der Waals surface area contributed by atoms with Crippen molar-refractivity contribution in [2.24, 2.45) is 0 Å². The Kier molecular flexibility index (Phi) is 3.98. The van der Waals surface area contributed by atoms with Crippen molar-refractivity contribution in [2.75, 3.05) is 12.4 Å². The van der Waals surface area contributed by atoms with Crippen molar-refractivity contribution in [3.05, 3.63) is 53.4 Å². The molecule has 0 bridgehead atoms. The predicted octanol–water partition coefficient (Wildman–Crippen LogP) is 4.19. The maximum absolute atomic E-state index is 5.89. The molecule has 0 atom stereocenters. The third kappa shape index (κ3) is 3.04. The topological polar surface area (TPSA) is 62.8 Å². The molecule has 0 radical (unpaired) electrons. The van der Waals surface area contributed by atoms with Gasteiger partial charge in [0.2, 0.25) is 0 Å². The number of methoxy groups -OCH3 is 1. The molecule has 0 aliphatic carbocycles. The van der Waals surface area contributed by atoms with Gasteiger partial charge in [0.25, 0.3) is 0 Å². The van der Waals surface area contributed by atoms with Crippen molar-refractivity contribution in [1.29, 1.82) is 0 Å². The molecule has 0 aliphatic rings. The average Bonchev–Trinajstić information content (AvgIpc) is 2.93. The van der Waals surface area contributed by atoms with E-state index in [1.165, 1.54) is 0 Å². The summed E-state index contributed by atoms with van der Waals surface area (Å²) in [6.45, 7) is 1.94. The monoisotopic (exact) mass is 314 g/mol. The number of pyridine rings is 1. The molecule has 22 heavy (non-hydrogen) atoms. The zero-order chi connectivity index (χ0) is 15.5. The number of imidazole rings is 1. The number of aromatic amines is 1. The standard InChI is InChI=1S/C16H15ClN4O/c1-10-9-18-16(19-10)12-7-6-11(8-13(12)22-2)20-15-5-3-4-14(17)21-15/h3-9H,1-2H3,(H,18,19)(H,20,21). The van der Waals surface area contributed by atoms with Crippen LogP contribution in [-0.2, 0) is 0 Å². The fourth-order valence-electron chi connectivity index (χ4n) is 2.14. The highest BCUT2D eigenvalue weighted by Crippen LogP contribution is 2.31. The molecule has 5 nitrogen and oxygen atoms in total. The van der Waals surface area contributed by atoms with Crippen molar-refractivity contribution in [2.45, 2.75) is 6.92 Å². The molecule has 0 unspecified atom stereocenters. The maximum Gasteiger partial charge on any atom is 0.141 e. The number of ether oxygens (including phenoxy) is 1. The minimum Gasteiger partial charge on any atom is -0.496 e. The Balaban J connectivity index is 1.91. The Labute approximate surface area is 133 Å². The summed E-state index contributed by atoms with van der Waals surface area (Å²) in [5, 5.41) is 3.64. The zero-order valence-corrected chi connectivity index (χ0v) is 13.0. The summed E-state index contributed by atoms with van der Waals surface area (Å²) in [6, 6.07) is 11.2. The molecule has 2 heterocycles. The summed E-state index contributed by atoms with van der Waals surface area (Å²) in [7, 11) is 1.63. The van der Waals surface area contributed by atoms with Crippen LogP contribution in [0.1, 0.15) is 5.69 Å². The number of nitrogens with one attached hydrogen (secondary N) is 2. The van der Waals surface area contributed by atoms with Crippen molar-refractivity contribution in [1.82, 2.24) is 15.0 Å². The summed E-state index contributed by atoms with van der Waals surface area (Å²) in [6.07, 6.45) is 1.86. The lowest BCUT2D eigenvalue weighted by molar-refractivity contribution is 0.416. The van der Waals surface area contributed by atoms with Gasteiger partial charge in [0.15, 0.2) is 0 Å². The minimum atomic E-state index is 0.444. The Hall–Kier alpha value is -2.53. The summed E-state index contributed by atoms with van der Waals surface area (Å²) >= 11 is 5.89. The lowest BCUT2D eigenvalue weighted by Crippen LogP contribution is -1.96. The second kappa shape index (κ2) is 6.07. The lowest BCUT2D eigenvalue weighted by Gasteiger charge is -2.10. The summed E-state index contributed by atoms with van der Waals surface area (Å²) < 4.78 is 5.46. The average molecular weight is 315 g/mol. The van der Waals surface area contributed by atoms with Gasteiger partial charge in [-0.25, -0.2) is 9.97 Å². The number of aryl methyl sites for hydroxylation is 1. The zero-order valence-electron chi connectivity index (χ0n) is 12.2. The largest absolute Gasteiger partial charge is 0.496 e. The van der Waals surface area contributed by atoms with Crippen molar-refractivity contribution < 1.29 is 4.74 Å². The second-order valence-corrected chi connectivity index (χ2v) is 5.16. The van der Waals surface area contributed by atoms with E-state index < -0.39 is 0 Å². The molecule has 2 N–H and O–H groups in total. The molecule has 2 aromatic heterocycles. The first-order chi connectivity index (χ1) is 10.7. The van der Waals surface area contributed by atoms with E-state index >= 15 is 0 Å². The van der Waals surface area contributed by atoms with Gasteiger partial charge < -0.3 is 15.0 Å². The number of H-pyrrole nitrogens is 1. The van der Waals surface area contributed by atoms with Crippen molar-refractivity contribution in [3.63, 3.8) is 0 Å². The number of nitrogens with zero attached hydrogens (tertiary/aromatic N) is 2. The first-order valence-electron chi connectivity index (χ1n) is 6.76. The van der Waals surface area contributed by atoms with E-state index in [4.69, 9.17) is 16.3 Å². The van der Waals surface area contributed by atoms with Crippen LogP contribution < -0.4 is 10.1 Å². The van der Waals surface area contributed by atoms with Gasteiger partial charge in [-0.1, -0.05) is 17.7 Å². The molecule has 3 rings (SSSR count). The Morgan fingerprint density at radius 1 is 1.18 bits per heavy atom. The molecule has 0 fully saturated rings. The van der Waals surface area contributed by atoms with E-state index in [1.807, 2.05) is 43.5 Å². The Bertz CT molecular complexity index is 800. The first kappa shape index (κ1) is 14.4. The van der Waals surface area contributed by atoms with E-state index in [1.54, 1.807) is 13.2 Å². The molecule has 0 spiro atoms. The highest BCUT2D eigenvalue weighted by molar-refractivity contribution is 6.29. The van der Waals surface area contributed by atoms with Crippen molar-refractivity contribution >= 4 is 23.1 Å². The van der Waals surface area contributed by atoms with E-state index in [0.717, 1.165) is 28.5 Å². The highest BCUT2D eigenvalue weighted by atomic mass is 35.5. The Morgan fingerprint density at radius 3 is 2.73 bits per heavy atom. The molecule has 0 saturated heterocycles. The molecular weight excluding hydrogens is 300 g/mol. The fraction of sp³-hybridized carbons (Fsp3) is 0.125. The third-order valence-corrected chi connectivity index (χ3v) is 3.36. The number of halogens is 1. The van der Waals surface area contributed by atoms with Gasteiger partial charge >= 0.3 is 0 Å². The van der Waals surface area contributed by atoms with Gasteiger partial charge in [-0.15, -0.1) is 0 Å². The maximum atomic E-state index is 5.89. The molecular formula is C16H15ClN4O. The predicted molar refractivity (Wildman–Crippen MR) is 87.8 cm³/mol. The van der Waals surface area contributed by atoms with Crippen LogP contribution in [0.25, 0.3) is 11.4 Å². The summed E-state index contributed by atoms with van der Waals surface area (Å²) in [5.41, 5.74) is 2.70. The van der Waals surface area contributed by atoms with Crippen LogP contribution in [0.2, 0.25) is 5.15 Å². The van der Waals surface area contributed by atoms with E-state index in [9.17, 15) is 0 Å². The van der Waals surface area contributed by atoms with Gasteiger partial charge in [0.1, 0.15) is 22.5 Å². The number of hydrogen-bond donors (Lipinski definition) is 2. The number of rotatable bonds is 4. The number of benzene rings is 1. The first-order valence-corrected chi connectivity index (χ1v) is 7.13. The van der Waals surface area contributed by atoms with Crippen LogP contribution in [0.15, 0.2) is 42.6 Å². The molecule has 0 aliphatic heterocycles. The van der Waals surface area contributed by atoms with Crippen molar-refractivity contribution in [3.8, 4) is 17.1 Å². The highest BCUT2D eigenvalue weighted by Gasteiger charge is 2.10. The van der Waals surface area contributed by atoms with E-state index in [0.29, 0.717) is 11.0 Å². The molecule has 112 valence electrons. The van der Waals surface area contributed by atoms with Crippen LogP contribution in [0.4, 0.5) is 11.5 Å². The van der Waals surface area contributed by atoms with Gasteiger partial charge in [-0.2, -0.15) is 0 Å². The summed E-state index contributed by atoms with van der Waals surface area (Å²) in [4.78, 5) is 11.8. The van der Waals surface area contributed by atoms with Gasteiger partial charge in [0, 0.05) is 18.0 Å². The smallest absolute Gasteiger partial charge is 0.141 e. The molecule has 0 amide bonds. The van der Waals surface area contributed by atoms with Crippen LogP contribution in [0, 0.1) is 6.92 Å². The summed E-state index contributed by atoms with van der Waals surface area (Å²) in [5.74, 6) is 2.18. The SMILES string of the molecule is COc1cc(Nc2cccc(Cl)n2)ccc1-c1nc(C)c[nH]1. The molecule has 3 aromatic rings. The van der Waals surface area contributed by atoms with Crippen LogP contribution in [-0.4, -0.2) is 22.1 Å². The number of anilines is 2. The van der Waals surface area contributed by atoms with Gasteiger partial charge in [-0.05, 0) is 31.2 Å². The Morgan fingerprint density at radius 2 is 2.05 bits per heavy atom. The van der Waals surface area contributed by atoms with Crippen LogP contribution >= 0.6 is 11.6 Å². The molecule has 6 heteroatoms. The third-order valence-electron chi connectivity index (χ3n) is 3.15. The number of hydrogen-bond acceptors (Lipinski definition) is 4. The molecule has 0 saturated carbocycles. The van der Waals surface area contributed by atoms with Crippen LogP contribution in [0.5, 0.6) is 5.75 Å². The number of aromatic nitrogens is 3. The van der Waals surface area contributed by atoms with Crippen LogP contribution in [0.3, 0.4) is 0 Å². The van der Waals surface area contributed by atoms with Gasteiger partial charge in [-0.3, -0.25) is 0 Å². The van der Waals surface area contributed by atoms with E-state index in [-0.39, 0.29) is 0 Å². The lowest BCUT2D eigenvalue weighted by atomic mass is 10.1. The van der Waals surface area contributed by atoms with E-state index in [2.05, 4.69) is 20.3 Å². The van der Waals surface area contributed by atoms with Gasteiger partial charge in [0.05, 0.1) is 18.4 Å². The normalized spacial score (nSPS) is 10.5. The quantitative estimate of drug-likeness (QED) is 0.709. The fourth-order valence-corrected chi connectivity index (χ4v) is 2.31. The second-order valence-electron chi connectivity index (χ2n) is 4.78. The minimum absolute atomic E-state index is 0.444.